The van der Waals surface area contributed by atoms with Crippen LogP contribution in [0.15, 0.2) is 18.2 Å². The summed E-state index contributed by atoms with van der Waals surface area (Å²) in [6.07, 6.45) is 2.10. The van der Waals surface area contributed by atoms with Gasteiger partial charge in [-0.15, -0.1) is 0 Å². The first-order valence-corrected chi connectivity index (χ1v) is 10.4. The van der Waals surface area contributed by atoms with Crippen molar-refractivity contribution in [3.63, 3.8) is 0 Å². The Balaban J connectivity index is 2.30. The van der Waals surface area contributed by atoms with E-state index in [0.29, 0.717) is 25.3 Å². The highest BCUT2D eigenvalue weighted by Crippen LogP contribution is 2.28. The Morgan fingerprint density at radius 3 is 2.52 bits per heavy atom. The molecule has 0 saturated carbocycles. The number of urea groups is 1. The van der Waals surface area contributed by atoms with Crippen molar-refractivity contribution in [2.24, 2.45) is 5.41 Å². The molecule has 0 aliphatic carbocycles. The molecule has 2 rings (SSSR count). The van der Waals surface area contributed by atoms with Gasteiger partial charge in [0.15, 0.2) is 0 Å². The highest BCUT2D eigenvalue weighted by atomic mass is 16.5. The molecule has 0 bridgehead atoms. The van der Waals surface area contributed by atoms with Crippen LogP contribution in [0, 0.1) is 5.41 Å². The predicted molar refractivity (Wildman–Crippen MR) is 117 cm³/mol. The van der Waals surface area contributed by atoms with Crippen LogP contribution >= 0.6 is 0 Å². The standard InChI is InChI=1S/C22H36N4O3/c1-7-23-21(28)24-17-10-11-19(25(5)6)16(13-17)14-26(20(27)22(2,3)4)15-18-9-8-12-29-18/h10-11,13,18H,7-9,12,14-15H2,1-6H3,(H2,23,24,28)/t18-/m0/s1. The van der Waals surface area contributed by atoms with E-state index >= 15 is 0 Å². The molecule has 1 saturated heterocycles. The third kappa shape index (κ3) is 6.63. The second-order valence-corrected chi connectivity index (χ2v) is 8.79. The maximum absolute atomic E-state index is 13.2. The molecule has 1 aliphatic rings. The second kappa shape index (κ2) is 9.96. The summed E-state index contributed by atoms with van der Waals surface area (Å²) in [7, 11) is 3.96. The Morgan fingerprint density at radius 1 is 1.24 bits per heavy atom. The summed E-state index contributed by atoms with van der Waals surface area (Å²) in [6.45, 7) is 10.1. The fourth-order valence-corrected chi connectivity index (χ4v) is 3.50. The van der Waals surface area contributed by atoms with Gasteiger partial charge >= 0.3 is 6.03 Å². The predicted octanol–water partition coefficient (Wildman–Crippen LogP) is 3.45. The van der Waals surface area contributed by atoms with E-state index in [1.165, 1.54) is 0 Å². The Bertz CT molecular complexity index is 706. The van der Waals surface area contributed by atoms with Gasteiger partial charge in [-0.3, -0.25) is 4.79 Å². The van der Waals surface area contributed by atoms with Crippen molar-refractivity contribution in [3.05, 3.63) is 23.8 Å². The van der Waals surface area contributed by atoms with E-state index in [1.54, 1.807) is 0 Å². The Kier molecular flexibility index (Phi) is 7.90. The first kappa shape index (κ1) is 23.0. The van der Waals surface area contributed by atoms with Crippen LogP contribution in [0.3, 0.4) is 0 Å². The van der Waals surface area contributed by atoms with Crippen molar-refractivity contribution >= 4 is 23.3 Å². The average molecular weight is 405 g/mol. The highest BCUT2D eigenvalue weighted by molar-refractivity contribution is 5.89. The molecule has 1 atom stereocenters. The zero-order valence-corrected chi connectivity index (χ0v) is 18.7. The maximum Gasteiger partial charge on any atom is 0.319 e. The molecule has 0 radical (unpaired) electrons. The van der Waals surface area contributed by atoms with Gasteiger partial charge in [0.2, 0.25) is 5.91 Å². The largest absolute Gasteiger partial charge is 0.377 e. The zero-order valence-electron chi connectivity index (χ0n) is 18.7. The lowest BCUT2D eigenvalue weighted by Crippen LogP contribution is -2.43. The van der Waals surface area contributed by atoms with Gasteiger partial charge in [0.25, 0.3) is 0 Å². The minimum Gasteiger partial charge on any atom is -0.377 e. The lowest BCUT2D eigenvalue weighted by Gasteiger charge is -2.32. The molecule has 0 aromatic heterocycles. The SMILES string of the molecule is CCNC(=O)Nc1ccc(N(C)C)c(CN(C[C@@H]2CCCO2)C(=O)C(C)(C)C)c1. The highest BCUT2D eigenvalue weighted by Gasteiger charge is 2.30. The number of nitrogens with one attached hydrogen (secondary N) is 2. The second-order valence-electron chi connectivity index (χ2n) is 8.79. The van der Waals surface area contributed by atoms with Gasteiger partial charge in [0.1, 0.15) is 0 Å². The molecule has 1 heterocycles. The lowest BCUT2D eigenvalue weighted by atomic mass is 9.94. The Hall–Kier alpha value is -2.28. The maximum atomic E-state index is 13.2. The number of anilines is 2. The normalized spacial score (nSPS) is 16.4. The summed E-state index contributed by atoms with van der Waals surface area (Å²) in [4.78, 5) is 29.0. The van der Waals surface area contributed by atoms with Gasteiger partial charge in [-0.25, -0.2) is 4.79 Å². The van der Waals surface area contributed by atoms with Crippen molar-refractivity contribution in [3.8, 4) is 0 Å². The Labute approximate surface area is 174 Å². The number of hydrogen-bond donors (Lipinski definition) is 2. The first-order valence-electron chi connectivity index (χ1n) is 10.4. The van der Waals surface area contributed by atoms with Crippen molar-refractivity contribution in [1.82, 2.24) is 10.2 Å². The summed E-state index contributed by atoms with van der Waals surface area (Å²) in [5, 5.41) is 5.59. The van der Waals surface area contributed by atoms with Crippen LogP contribution in [0.4, 0.5) is 16.2 Å². The first-order chi connectivity index (χ1) is 13.6. The van der Waals surface area contributed by atoms with Crippen LogP contribution in [0.25, 0.3) is 0 Å². The van der Waals surface area contributed by atoms with Crippen LogP contribution in [0.5, 0.6) is 0 Å². The van der Waals surface area contributed by atoms with E-state index in [1.807, 2.05) is 69.8 Å². The number of carbonyl (C=O) groups is 2. The number of hydrogen-bond acceptors (Lipinski definition) is 4. The van der Waals surface area contributed by atoms with Crippen molar-refractivity contribution in [1.29, 1.82) is 0 Å². The van der Waals surface area contributed by atoms with Crippen molar-refractivity contribution in [2.75, 3.05) is 44.0 Å². The Morgan fingerprint density at radius 2 is 1.97 bits per heavy atom. The fourth-order valence-electron chi connectivity index (χ4n) is 3.50. The topological polar surface area (TPSA) is 73.9 Å². The molecule has 162 valence electrons. The molecular weight excluding hydrogens is 368 g/mol. The number of carbonyl (C=O) groups excluding carboxylic acids is 2. The molecule has 1 aliphatic heterocycles. The fraction of sp³-hybridized carbons (Fsp3) is 0.636. The van der Waals surface area contributed by atoms with E-state index in [-0.39, 0.29) is 18.0 Å². The number of amides is 3. The molecule has 0 spiro atoms. The molecule has 1 fully saturated rings. The molecule has 2 N–H and O–H groups in total. The zero-order chi connectivity index (χ0) is 21.6. The van der Waals surface area contributed by atoms with Crippen LogP contribution in [-0.4, -0.2) is 56.7 Å². The molecule has 7 nitrogen and oxygen atoms in total. The van der Waals surface area contributed by atoms with E-state index in [0.717, 1.165) is 30.7 Å². The summed E-state index contributed by atoms with van der Waals surface area (Å²) < 4.78 is 5.80. The molecule has 1 aromatic carbocycles. The van der Waals surface area contributed by atoms with Crippen LogP contribution in [-0.2, 0) is 16.1 Å². The van der Waals surface area contributed by atoms with Crippen LogP contribution in [0.1, 0.15) is 46.1 Å². The van der Waals surface area contributed by atoms with Gasteiger partial charge in [-0.05, 0) is 43.5 Å². The molecule has 7 heteroatoms. The molecule has 1 aromatic rings. The number of ether oxygens (including phenoxy) is 1. The summed E-state index contributed by atoms with van der Waals surface area (Å²) in [5.41, 5.74) is 2.23. The molecule has 3 amide bonds. The van der Waals surface area contributed by atoms with Crippen molar-refractivity contribution < 1.29 is 14.3 Å². The molecule has 0 unspecified atom stereocenters. The minimum atomic E-state index is -0.478. The van der Waals surface area contributed by atoms with Gasteiger partial charge in [0, 0.05) is 57.1 Å². The van der Waals surface area contributed by atoms with Gasteiger partial charge in [0.05, 0.1) is 6.10 Å². The number of nitrogens with zero attached hydrogens (tertiary/aromatic N) is 2. The number of benzene rings is 1. The summed E-state index contributed by atoms with van der Waals surface area (Å²) >= 11 is 0. The van der Waals surface area contributed by atoms with Gasteiger partial charge in [-0.2, -0.15) is 0 Å². The van der Waals surface area contributed by atoms with E-state index < -0.39 is 5.41 Å². The van der Waals surface area contributed by atoms with E-state index in [4.69, 9.17) is 4.74 Å². The minimum absolute atomic E-state index is 0.0840. The van der Waals surface area contributed by atoms with Crippen LogP contribution < -0.4 is 15.5 Å². The van der Waals surface area contributed by atoms with Crippen LogP contribution in [0.2, 0.25) is 0 Å². The monoisotopic (exact) mass is 404 g/mol. The smallest absolute Gasteiger partial charge is 0.319 e. The molecule has 29 heavy (non-hydrogen) atoms. The third-order valence-electron chi connectivity index (χ3n) is 4.89. The molecular formula is C22H36N4O3. The summed E-state index contributed by atoms with van der Waals surface area (Å²) in [5.74, 6) is 0.0970. The summed E-state index contributed by atoms with van der Waals surface area (Å²) in [6, 6.07) is 5.56. The number of rotatable bonds is 7. The van der Waals surface area contributed by atoms with Crippen molar-refractivity contribution in [2.45, 2.75) is 53.2 Å². The van der Waals surface area contributed by atoms with Gasteiger partial charge < -0.3 is 25.2 Å². The van der Waals surface area contributed by atoms with E-state index in [2.05, 4.69) is 10.6 Å². The third-order valence-corrected chi connectivity index (χ3v) is 4.89. The van der Waals surface area contributed by atoms with E-state index in [9.17, 15) is 9.59 Å². The quantitative estimate of drug-likeness (QED) is 0.730. The average Bonchev–Trinajstić information content (AvgIpc) is 3.13. The van der Waals surface area contributed by atoms with Gasteiger partial charge in [-0.1, -0.05) is 20.8 Å². The lowest BCUT2D eigenvalue weighted by molar-refractivity contribution is -0.141.